The SMILES string of the molecule is Cc1ncc(C(C)O)c(-c2nc3c(C(N)=O)cccc3[nH]2)c1O. The summed E-state index contributed by atoms with van der Waals surface area (Å²) in [6.07, 6.45) is 0.657. The van der Waals surface area contributed by atoms with Gasteiger partial charge in [-0.25, -0.2) is 4.98 Å². The van der Waals surface area contributed by atoms with Crippen LogP contribution in [0.15, 0.2) is 24.4 Å². The van der Waals surface area contributed by atoms with Crippen LogP contribution in [0.4, 0.5) is 0 Å². The molecule has 118 valence electrons. The van der Waals surface area contributed by atoms with Gasteiger partial charge >= 0.3 is 0 Å². The molecule has 0 saturated carbocycles. The normalized spacial score (nSPS) is 12.5. The van der Waals surface area contributed by atoms with Crippen LogP contribution in [-0.4, -0.2) is 31.1 Å². The number of aromatic nitrogens is 3. The van der Waals surface area contributed by atoms with E-state index in [-0.39, 0.29) is 11.3 Å². The van der Waals surface area contributed by atoms with Crippen LogP contribution in [0.1, 0.15) is 34.6 Å². The Morgan fingerprint density at radius 3 is 2.78 bits per heavy atom. The van der Waals surface area contributed by atoms with Gasteiger partial charge in [0, 0.05) is 11.8 Å². The predicted octanol–water partition coefficient (Wildman–Crippen LogP) is 1.79. The zero-order chi connectivity index (χ0) is 16.7. The number of hydrogen-bond donors (Lipinski definition) is 4. The zero-order valence-electron chi connectivity index (χ0n) is 12.7. The van der Waals surface area contributed by atoms with Crippen molar-refractivity contribution in [3.63, 3.8) is 0 Å². The van der Waals surface area contributed by atoms with Crippen LogP contribution >= 0.6 is 0 Å². The van der Waals surface area contributed by atoms with Crippen LogP contribution in [-0.2, 0) is 0 Å². The lowest BCUT2D eigenvalue weighted by Crippen LogP contribution is -2.11. The van der Waals surface area contributed by atoms with Crippen LogP contribution in [0.2, 0.25) is 0 Å². The van der Waals surface area contributed by atoms with Crippen molar-refractivity contribution in [1.82, 2.24) is 15.0 Å². The molecule has 0 radical (unpaired) electrons. The number of rotatable bonds is 3. The molecule has 0 spiro atoms. The molecule has 3 rings (SSSR count). The highest BCUT2D eigenvalue weighted by atomic mass is 16.3. The van der Waals surface area contributed by atoms with Crippen molar-refractivity contribution >= 4 is 16.9 Å². The highest BCUT2D eigenvalue weighted by Gasteiger charge is 2.21. The lowest BCUT2D eigenvalue weighted by atomic mass is 10.0. The Balaban J connectivity index is 2.32. The number of carbonyl (C=O) groups excluding carboxylic acids is 1. The summed E-state index contributed by atoms with van der Waals surface area (Å²) in [7, 11) is 0. The lowest BCUT2D eigenvalue weighted by molar-refractivity contribution is 0.100. The Hall–Kier alpha value is -2.93. The summed E-state index contributed by atoms with van der Waals surface area (Å²) in [5.41, 5.74) is 7.90. The van der Waals surface area contributed by atoms with Gasteiger partial charge in [0.05, 0.1) is 28.4 Å². The number of hydrogen-bond acceptors (Lipinski definition) is 5. The second-order valence-corrected chi connectivity index (χ2v) is 5.35. The topological polar surface area (TPSA) is 125 Å². The van der Waals surface area contributed by atoms with E-state index in [1.165, 1.54) is 6.20 Å². The van der Waals surface area contributed by atoms with E-state index in [2.05, 4.69) is 15.0 Å². The Bertz CT molecular complexity index is 915. The molecule has 2 heterocycles. The number of aryl methyl sites for hydroxylation is 1. The third kappa shape index (κ3) is 2.40. The number of primary amides is 1. The second kappa shape index (κ2) is 5.36. The molecule has 0 bridgehead atoms. The Morgan fingerprint density at radius 1 is 1.39 bits per heavy atom. The third-order valence-corrected chi connectivity index (χ3v) is 3.73. The number of nitrogens with one attached hydrogen (secondary N) is 1. The van der Waals surface area contributed by atoms with Gasteiger partial charge in [0.1, 0.15) is 17.1 Å². The molecule has 3 aromatic rings. The number of aliphatic hydroxyl groups is 1. The molecule has 1 aromatic carbocycles. The highest BCUT2D eigenvalue weighted by Crippen LogP contribution is 2.36. The predicted molar refractivity (Wildman–Crippen MR) is 84.9 cm³/mol. The minimum absolute atomic E-state index is 0.0666. The van der Waals surface area contributed by atoms with Crippen molar-refractivity contribution in [1.29, 1.82) is 0 Å². The number of aromatic hydroxyl groups is 1. The average Bonchev–Trinajstić information content (AvgIpc) is 2.92. The number of amides is 1. The van der Waals surface area contributed by atoms with Gasteiger partial charge in [0.15, 0.2) is 0 Å². The summed E-state index contributed by atoms with van der Waals surface area (Å²) in [4.78, 5) is 23.0. The first kappa shape index (κ1) is 15.0. The fraction of sp³-hybridized carbons (Fsp3) is 0.188. The van der Waals surface area contributed by atoms with Crippen molar-refractivity contribution in [2.24, 2.45) is 5.73 Å². The summed E-state index contributed by atoms with van der Waals surface area (Å²) < 4.78 is 0. The van der Waals surface area contributed by atoms with E-state index in [1.807, 2.05) is 0 Å². The molecule has 0 saturated heterocycles. The van der Waals surface area contributed by atoms with Gasteiger partial charge < -0.3 is 20.9 Å². The molecule has 23 heavy (non-hydrogen) atoms. The minimum Gasteiger partial charge on any atom is -0.505 e. The number of para-hydroxylation sites is 1. The summed E-state index contributed by atoms with van der Waals surface area (Å²) in [5.74, 6) is -0.310. The molecule has 1 amide bonds. The van der Waals surface area contributed by atoms with Gasteiger partial charge in [-0.1, -0.05) is 6.07 Å². The van der Waals surface area contributed by atoms with E-state index in [1.54, 1.807) is 32.0 Å². The number of pyridine rings is 1. The number of aromatic amines is 1. The fourth-order valence-corrected chi connectivity index (χ4v) is 2.52. The van der Waals surface area contributed by atoms with Gasteiger partial charge in [-0.3, -0.25) is 9.78 Å². The van der Waals surface area contributed by atoms with Gasteiger partial charge in [-0.2, -0.15) is 0 Å². The Labute approximate surface area is 131 Å². The second-order valence-electron chi connectivity index (χ2n) is 5.35. The van der Waals surface area contributed by atoms with Gasteiger partial charge in [-0.15, -0.1) is 0 Å². The van der Waals surface area contributed by atoms with Crippen molar-refractivity contribution in [3.8, 4) is 17.1 Å². The van der Waals surface area contributed by atoms with Crippen molar-refractivity contribution < 1.29 is 15.0 Å². The Morgan fingerprint density at radius 2 is 2.13 bits per heavy atom. The number of H-pyrrole nitrogens is 1. The quantitative estimate of drug-likeness (QED) is 0.586. The maximum atomic E-state index is 11.5. The fourth-order valence-electron chi connectivity index (χ4n) is 2.52. The van der Waals surface area contributed by atoms with Crippen LogP contribution in [0, 0.1) is 6.92 Å². The summed E-state index contributed by atoms with van der Waals surface area (Å²) >= 11 is 0. The summed E-state index contributed by atoms with van der Waals surface area (Å²) in [6, 6.07) is 5.03. The molecule has 0 aliphatic rings. The van der Waals surface area contributed by atoms with Crippen molar-refractivity contribution in [3.05, 3.63) is 41.2 Å². The van der Waals surface area contributed by atoms with E-state index < -0.39 is 12.0 Å². The number of aliphatic hydroxyl groups excluding tert-OH is 1. The van der Waals surface area contributed by atoms with Gasteiger partial charge in [0.2, 0.25) is 0 Å². The summed E-state index contributed by atoms with van der Waals surface area (Å²) in [6.45, 7) is 3.23. The van der Waals surface area contributed by atoms with Crippen LogP contribution in [0.3, 0.4) is 0 Å². The molecule has 5 N–H and O–H groups in total. The van der Waals surface area contributed by atoms with E-state index in [9.17, 15) is 15.0 Å². The molecular formula is C16H16N4O3. The first-order valence-electron chi connectivity index (χ1n) is 7.05. The number of nitrogens with zero attached hydrogens (tertiary/aromatic N) is 2. The van der Waals surface area contributed by atoms with Crippen LogP contribution in [0.25, 0.3) is 22.4 Å². The molecule has 0 aliphatic heterocycles. The maximum absolute atomic E-state index is 11.5. The largest absolute Gasteiger partial charge is 0.505 e. The number of nitrogens with two attached hydrogens (primary N) is 1. The Kier molecular flexibility index (Phi) is 3.49. The van der Waals surface area contributed by atoms with Gasteiger partial charge in [0.25, 0.3) is 5.91 Å². The first-order valence-corrected chi connectivity index (χ1v) is 7.05. The number of fused-ring (bicyclic) bond motifs is 1. The van der Waals surface area contributed by atoms with E-state index >= 15 is 0 Å². The number of carbonyl (C=O) groups is 1. The maximum Gasteiger partial charge on any atom is 0.250 e. The molecule has 7 heteroatoms. The van der Waals surface area contributed by atoms with Crippen LogP contribution < -0.4 is 5.73 Å². The molecule has 7 nitrogen and oxygen atoms in total. The first-order chi connectivity index (χ1) is 10.9. The molecule has 0 fully saturated rings. The van der Waals surface area contributed by atoms with E-state index in [0.717, 1.165) is 0 Å². The average molecular weight is 312 g/mol. The van der Waals surface area contributed by atoms with E-state index in [4.69, 9.17) is 5.73 Å². The van der Waals surface area contributed by atoms with Crippen LogP contribution in [0.5, 0.6) is 5.75 Å². The van der Waals surface area contributed by atoms with Gasteiger partial charge in [-0.05, 0) is 26.0 Å². The smallest absolute Gasteiger partial charge is 0.250 e. The zero-order valence-corrected chi connectivity index (χ0v) is 12.7. The van der Waals surface area contributed by atoms with Crippen molar-refractivity contribution in [2.75, 3.05) is 0 Å². The number of imidazole rings is 1. The molecule has 1 unspecified atom stereocenters. The lowest BCUT2D eigenvalue weighted by Gasteiger charge is -2.12. The molecule has 1 atom stereocenters. The standard InChI is InChI=1S/C16H16N4O3/c1-7-14(22)12(10(6-18-7)8(2)21)16-19-11-5-3-4-9(15(17)23)13(11)20-16/h3-6,8,21-22H,1-2H3,(H2,17,23)(H,19,20). The monoisotopic (exact) mass is 312 g/mol. The third-order valence-electron chi connectivity index (χ3n) is 3.73. The molecule has 2 aromatic heterocycles. The number of benzene rings is 1. The summed E-state index contributed by atoms with van der Waals surface area (Å²) in [5, 5.41) is 20.3. The molecule has 0 aliphatic carbocycles. The van der Waals surface area contributed by atoms with E-state index in [0.29, 0.717) is 33.7 Å². The minimum atomic E-state index is -0.840. The highest BCUT2D eigenvalue weighted by molar-refractivity contribution is 6.04. The van der Waals surface area contributed by atoms with Crippen molar-refractivity contribution in [2.45, 2.75) is 20.0 Å². The molecular weight excluding hydrogens is 296 g/mol.